The van der Waals surface area contributed by atoms with Gasteiger partial charge in [0.05, 0.1) is 18.4 Å². The number of nitrogens with one attached hydrogen (secondary N) is 1. The molecule has 226 valence electrons. The molecule has 0 unspecified atom stereocenters. The molecule has 3 aromatic carbocycles. The number of methoxy groups -OCH3 is 1. The molecule has 3 rings (SSSR count). The van der Waals surface area contributed by atoms with Gasteiger partial charge < -0.3 is 14.4 Å². The zero-order chi connectivity index (χ0) is 31.2. The maximum Gasteiger partial charge on any atom is 0.240 e. The van der Waals surface area contributed by atoms with Crippen LogP contribution in [0.25, 0.3) is 0 Å². The quantitative estimate of drug-likeness (QED) is 0.135. The number of hydrogen-bond acceptors (Lipinski definition) is 5. The van der Waals surface area contributed by atoms with E-state index in [0.717, 1.165) is 22.3 Å². The van der Waals surface area contributed by atoms with Gasteiger partial charge in [0.15, 0.2) is 0 Å². The normalized spacial score (nSPS) is 11.4. The van der Waals surface area contributed by atoms with Gasteiger partial charge in [0.2, 0.25) is 15.9 Å². The summed E-state index contributed by atoms with van der Waals surface area (Å²) in [6.07, 6.45) is 7.31. The summed E-state index contributed by atoms with van der Waals surface area (Å²) in [5, 5.41) is 0.532. The van der Waals surface area contributed by atoms with E-state index >= 15 is 0 Å². The van der Waals surface area contributed by atoms with Crippen LogP contribution in [0.3, 0.4) is 0 Å². The summed E-state index contributed by atoms with van der Waals surface area (Å²) >= 11 is 6.28. The molecule has 0 saturated heterocycles. The Hall–Kier alpha value is -4.11. The van der Waals surface area contributed by atoms with E-state index in [1.807, 2.05) is 0 Å². The van der Waals surface area contributed by atoms with Crippen LogP contribution in [0, 0.1) is 0 Å². The molecule has 3 aromatic rings. The van der Waals surface area contributed by atoms with Crippen molar-refractivity contribution in [3.8, 4) is 11.5 Å². The molecule has 0 saturated carbocycles. The van der Waals surface area contributed by atoms with Crippen molar-refractivity contribution in [2.75, 3.05) is 20.3 Å². The Morgan fingerprint density at radius 1 is 1.00 bits per heavy atom. The van der Waals surface area contributed by atoms with Crippen LogP contribution in [0.2, 0.25) is 5.02 Å². The van der Waals surface area contributed by atoms with Gasteiger partial charge in [-0.15, -0.1) is 0 Å². The Bertz CT molecular complexity index is 1550. The summed E-state index contributed by atoms with van der Waals surface area (Å²) in [6.45, 7) is 12.3. The lowest BCUT2D eigenvalue weighted by Crippen LogP contribution is -2.32. The van der Waals surface area contributed by atoms with Gasteiger partial charge in [0.1, 0.15) is 18.1 Å². The Morgan fingerprint density at radius 2 is 1.70 bits per heavy atom. The van der Waals surface area contributed by atoms with Crippen molar-refractivity contribution >= 4 is 27.5 Å². The highest BCUT2D eigenvalue weighted by Gasteiger charge is 2.19. The van der Waals surface area contributed by atoms with Crippen LogP contribution in [-0.2, 0) is 34.3 Å². The zero-order valence-corrected chi connectivity index (χ0v) is 25.9. The number of benzene rings is 3. The van der Waals surface area contributed by atoms with E-state index in [-0.39, 0.29) is 30.3 Å². The molecule has 7 nitrogen and oxygen atoms in total. The summed E-state index contributed by atoms with van der Waals surface area (Å²) < 4.78 is 39.3. The van der Waals surface area contributed by atoms with Crippen LogP contribution in [-0.4, -0.2) is 39.5 Å². The molecule has 0 radical (unpaired) electrons. The van der Waals surface area contributed by atoms with Crippen LogP contribution in [0.15, 0.2) is 121 Å². The van der Waals surface area contributed by atoms with Crippen LogP contribution >= 0.6 is 11.6 Å². The Balaban J connectivity index is 1.74. The average Bonchev–Trinajstić information content (AvgIpc) is 3.01. The Kier molecular flexibility index (Phi) is 12.8. The minimum absolute atomic E-state index is 0.107. The van der Waals surface area contributed by atoms with Crippen molar-refractivity contribution in [1.29, 1.82) is 0 Å². The smallest absolute Gasteiger partial charge is 0.240 e. The van der Waals surface area contributed by atoms with Crippen LogP contribution in [0.1, 0.15) is 23.1 Å². The predicted molar refractivity (Wildman–Crippen MR) is 173 cm³/mol. The summed E-state index contributed by atoms with van der Waals surface area (Å²) in [5.74, 6) is 1.21. The third kappa shape index (κ3) is 10.3. The lowest BCUT2D eigenvalue weighted by Gasteiger charge is -2.25. The molecule has 0 aliphatic rings. The molecule has 0 spiro atoms. The van der Waals surface area contributed by atoms with Crippen molar-refractivity contribution in [2.45, 2.75) is 30.8 Å². The average molecular weight is 621 g/mol. The fourth-order valence-corrected chi connectivity index (χ4v) is 5.41. The van der Waals surface area contributed by atoms with E-state index in [1.54, 1.807) is 103 Å². The minimum atomic E-state index is -3.72. The minimum Gasteiger partial charge on any atom is -0.497 e. The number of halogens is 1. The third-order valence-electron chi connectivity index (χ3n) is 6.57. The standard InChI is InChI=1S/C34H37ClN2O5S/c1-5-8-26(7-3)22-34(38)37(25-29-23-30(35)13-18-33(29)42-21-6-2)20-19-27-11-16-32(17-12-27)43(39,40)36-24-28-9-14-31(41-4)15-10-28/h5-18,23,36H,1-3,19-22,24-25H2,4H3/b26-8+. The summed E-state index contributed by atoms with van der Waals surface area (Å²) in [7, 11) is -2.14. The highest BCUT2D eigenvalue weighted by atomic mass is 35.5. The molecule has 0 bridgehead atoms. The second-order valence-electron chi connectivity index (χ2n) is 9.59. The van der Waals surface area contributed by atoms with Crippen molar-refractivity contribution < 1.29 is 22.7 Å². The first kappa shape index (κ1) is 33.4. The monoisotopic (exact) mass is 620 g/mol. The highest BCUT2D eigenvalue weighted by molar-refractivity contribution is 7.89. The van der Waals surface area contributed by atoms with Crippen LogP contribution in [0.5, 0.6) is 11.5 Å². The van der Waals surface area contributed by atoms with Gasteiger partial charge in [-0.1, -0.05) is 79.9 Å². The molecule has 0 heterocycles. The molecule has 9 heteroatoms. The molecule has 1 amide bonds. The highest BCUT2D eigenvalue weighted by Crippen LogP contribution is 2.25. The molecular formula is C34H37ClN2O5S. The number of hydrogen-bond donors (Lipinski definition) is 1. The van der Waals surface area contributed by atoms with Gasteiger partial charge in [0, 0.05) is 30.2 Å². The Labute approximate surface area is 259 Å². The Morgan fingerprint density at radius 3 is 2.33 bits per heavy atom. The van der Waals surface area contributed by atoms with E-state index in [4.69, 9.17) is 21.1 Å². The van der Waals surface area contributed by atoms with Crippen LogP contribution < -0.4 is 14.2 Å². The second kappa shape index (κ2) is 16.5. The van der Waals surface area contributed by atoms with Gasteiger partial charge in [-0.2, -0.15) is 0 Å². The molecule has 1 N–H and O–H groups in total. The molecule has 0 aromatic heterocycles. The number of ether oxygens (including phenoxy) is 2. The fourth-order valence-electron chi connectivity index (χ4n) is 4.20. The maximum atomic E-state index is 13.5. The number of carbonyl (C=O) groups is 1. The lowest BCUT2D eigenvalue weighted by atomic mass is 10.1. The fraction of sp³-hybridized carbons (Fsp3) is 0.206. The first-order chi connectivity index (χ1) is 20.7. The molecule has 0 aliphatic carbocycles. The van der Waals surface area contributed by atoms with Crippen molar-refractivity contribution in [1.82, 2.24) is 9.62 Å². The summed E-state index contributed by atoms with van der Waals surface area (Å²) in [4.78, 5) is 15.3. The molecule has 0 fully saturated rings. The van der Waals surface area contributed by atoms with Gasteiger partial charge in [-0.3, -0.25) is 4.79 Å². The second-order valence-corrected chi connectivity index (χ2v) is 11.8. The number of allylic oxidation sites excluding steroid dienone is 3. The van der Waals surface area contributed by atoms with E-state index < -0.39 is 10.0 Å². The van der Waals surface area contributed by atoms with E-state index in [2.05, 4.69) is 24.5 Å². The van der Waals surface area contributed by atoms with Gasteiger partial charge in [-0.05, 0) is 65.6 Å². The first-order valence-electron chi connectivity index (χ1n) is 13.6. The van der Waals surface area contributed by atoms with Crippen molar-refractivity contribution in [3.63, 3.8) is 0 Å². The van der Waals surface area contributed by atoms with Gasteiger partial charge >= 0.3 is 0 Å². The summed E-state index contributed by atoms with van der Waals surface area (Å²) in [6, 6.07) is 19.1. The van der Waals surface area contributed by atoms with E-state index in [9.17, 15) is 13.2 Å². The molecule has 0 atom stereocenters. The van der Waals surface area contributed by atoms with Crippen LogP contribution in [0.4, 0.5) is 0 Å². The SMILES string of the molecule is C=C/C=C(\C=C)CC(=O)N(CCc1ccc(S(=O)(=O)NCc2ccc(OC)cc2)cc1)Cc1cc(Cl)ccc1OCC=C. The maximum absolute atomic E-state index is 13.5. The zero-order valence-electron chi connectivity index (χ0n) is 24.3. The van der Waals surface area contributed by atoms with Gasteiger partial charge in [0.25, 0.3) is 0 Å². The van der Waals surface area contributed by atoms with Crippen molar-refractivity contribution in [2.24, 2.45) is 0 Å². The molecule has 43 heavy (non-hydrogen) atoms. The first-order valence-corrected chi connectivity index (χ1v) is 15.5. The predicted octanol–water partition coefficient (Wildman–Crippen LogP) is 6.65. The number of nitrogens with zero attached hydrogens (tertiary/aromatic N) is 1. The van der Waals surface area contributed by atoms with Crippen molar-refractivity contribution in [3.05, 3.63) is 138 Å². The lowest BCUT2D eigenvalue weighted by molar-refractivity contribution is -0.131. The van der Waals surface area contributed by atoms with Gasteiger partial charge in [-0.25, -0.2) is 13.1 Å². The van der Waals surface area contributed by atoms with E-state index in [1.165, 1.54) is 0 Å². The topological polar surface area (TPSA) is 84.9 Å². The third-order valence-corrected chi connectivity index (χ3v) is 8.22. The number of sulfonamides is 1. The number of rotatable bonds is 17. The summed E-state index contributed by atoms with van der Waals surface area (Å²) in [5.41, 5.74) is 3.20. The van der Waals surface area contributed by atoms with E-state index in [0.29, 0.717) is 36.1 Å². The largest absolute Gasteiger partial charge is 0.497 e. The molecular weight excluding hydrogens is 584 g/mol. The molecule has 0 aliphatic heterocycles. The number of carbonyl (C=O) groups excluding carboxylic acids is 1. The number of amides is 1.